The Morgan fingerprint density at radius 2 is 2.24 bits per heavy atom. The van der Waals surface area contributed by atoms with Crippen molar-refractivity contribution in [1.29, 1.82) is 0 Å². The lowest BCUT2D eigenvalue weighted by Gasteiger charge is -2.13. The van der Waals surface area contributed by atoms with E-state index in [2.05, 4.69) is 12.2 Å². The summed E-state index contributed by atoms with van der Waals surface area (Å²) in [5.74, 6) is -1.19. The fraction of sp³-hybridized carbons (Fsp3) is 0.500. The van der Waals surface area contributed by atoms with Gasteiger partial charge in [0.2, 0.25) is 0 Å². The number of amides is 1. The summed E-state index contributed by atoms with van der Waals surface area (Å²) in [5, 5.41) is 11.5. The molecule has 0 aliphatic carbocycles. The summed E-state index contributed by atoms with van der Waals surface area (Å²) in [6.07, 6.45) is 3.50. The minimum atomic E-state index is -0.961. The maximum absolute atomic E-state index is 11.9. The molecule has 2 N–H and O–H groups in total. The van der Waals surface area contributed by atoms with Gasteiger partial charge in [0.25, 0.3) is 5.91 Å². The Kier molecular flexibility index (Phi) is 4.75. The molecule has 5 heteroatoms. The molecule has 0 saturated carbocycles. The molecule has 1 unspecified atom stereocenters. The number of nitrogens with one attached hydrogen (secondary N) is 1. The molecule has 0 radical (unpaired) electrons. The first-order valence-electron chi connectivity index (χ1n) is 5.72. The summed E-state index contributed by atoms with van der Waals surface area (Å²) >= 11 is 0. The predicted octanol–water partition coefficient (Wildman–Crippen LogP) is 1.49. The number of carbonyl (C=O) groups is 2. The van der Waals surface area contributed by atoms with Crippen LogP contribution in [0.25, 0.3) is 0 Å². The molecule has 94 valence electrons. The van der Waals surface area contributed by atoms with Crippen LogP contribution < -0.4 is 5.32 Å². The lowest BCUT2D eigenvalue weighted by atomic mass is 10.2. The van der Waals surface area contributed by atoms with E-state index in [0.717, 1.165) is 12.8 Å². The van der Waals surface area contributed by atoms with Gasteiger partial charge in [-0.2, -0.15) is 0 Å². The molecule has 0 bridgehead atoms. The highest BCUT2D eigenvalue weighted by Gasteiger charge is 2.14. The van der Waals surface area contributed by atoms with Crippen molar-refractivity contribution in [2.75, 3.05) is 0 Å². The van der Waals surface area contributed by atoms with Crippen molar-refractivity contribution >= 4 is 11.9 Å². The highest BCUT2D eigenvalue weighted by molar-refractivity contribution is 5.93. The summed E-state index contributed by atoms with van der Waals surface area (Å²) < 4.78 is 1.43. The van der Waals surface area contributed by atoms with E-state index >= 15 is 0 Å². The molecule has 0 aromatic carbocycles. The summed E-state index contributed by atoms with van der Waals surface area (Å²) in [7, 11) is 0. The fourth-order valence-corrected chi connectivity index (χ4v) is 1.71. The van der Waals surface area contributed by atoms with Crippen molar-refractivity contribution in [1.82, 2.24) is 9.88 Å². The molecule has 1 aromatic heterocycles. The zero-order valence-corrected chi connectivity index (χ0v) is 10.1. The van der Waals surface area contributed by atoms with Gasteiger partial charge in [0.1, 0.15) is 12.2 Å². The zero-order chi connectivity index (χ0) is 12.8. The smallest absolute Gasteiger partial charge is 0.323 e. The standard InChI is InChI=1S/C12H18N2O3/c1-3-5-9(2)13-12(17)10-6-4-7-14(10)8-11(15)16/h4,6-7,9H,3,5,8H2,1-2H3,(H,13,17)(H,15,16). The average molecular weight is 238 g/mol. The molecule has 1 rings (SSSR count). The van der Waals surface area contributed by atoms with Crippen molar-refractivity contribution in [3.05, 3.63) is 24.0 Å². The Bertz CT molecular complexity index is 398. The Morgan fingerprint density at radius 3 is 2.82 bits per heavy atom. The molecule has 1 atom stereocenters. The largest absolute Gasteiger partial charge is 0.480 e. The van der Waals surface area contributed by atoms with Crippen molar-refractivity contribution in [3.63, 3.8) is 0 Å². The van der Waals surface area contributed by atoms with Crippen LogP contribution in [-0.4, -0.2) is 27.6 Å². The number of rotatable bonds is 6. The zero-order valence-electron chi connectivity index (χ0n) is 10.1. The van der Waals surface area contributed by atoms with Crippen molar-refractivity contribution in [2.45, 2.75) is 39.3 Å². The maximum atomic E-state index is 11.9. The molecule has 5 nitrogen and oxygen atoms in total. The topological polar surface area (TPSA) is 71.3 Å². The number of aliphatic carboxylic acids is 1. The van der Waals surface area contributed by atoms with Crippen LogP contribution in [0.3, 0.4) is 0 Å². The summed E-state index contributed by atoms with van der Waals surface area (Å²) in [5.41, 5.74) is 0.385. The number of carboxylic acids is 1. The van der Waals surface area contributed by atoms with Crippen LogP contribution in [0.5, 0.6) is 0 Å². The second kappa shape index (κ2) is 6.08. The van der Waals surface area contributed by atoms with E-state index in [-0.39, 0.29) is 18.5 Å². The van der Waals surface area contributed by atoms with Gasteiger partial charge in [-0.1, -0.05) is 13.3 Å². The molecule has 1 aromatic rings. The van der Waals surface area contributed by atoms with Gasteiger partial charge in [-0.3, -0.25) is 9.59 Å². The molecule has 1 heterocycles. The van der Waals surface area contributed by atoms with E-state index in [1.165, 1.54) is 4.57 Å². The van der Waals surface area contributed by atoms with E-state index in [1.54, 1.807) is 18.3 Å². The molecule has 0 aliphatic heterocycles. The molecular weight excluding hydrogens is 220 g/mol. The first kappa shape index (κ1) is 13.3. The lowest BCUT2D eigenvalue weighted by Crippen LogP contribution is -2.34. The third kappa shape index (κ3) is 3.94. The van der Waals surface area contributed by atoms with Gasteiger partial charge in [0.05, 0.1) is 0 Å². The quantitative estimate of drug-likeness (QED) is 0.788. The van der Waals surface area contributed by atoms with Crippen LogP contribution >= 0.6 is 0 Å². The van der Waals surface area contributed by atoms with Crippen molar-refractivity contribution in [2.24, 2.45) is 0 Å². The van der Waals surface area contributed by atoms with Crippen molar-refractivity contribution < 1.29 is 14.7 Å². The maximum Gasteiger partial charge on any atom is 0.323 e. The summed E-state index contributed by atoms with van der Waals surface area (Å²) in [6.45, 7) is 3.79. The summed E-state index contributed by atoms with van der Waals surface area (Å²) in [6, 6.07) is 3.39. The fourth-order valence-electron chi connectivity index (χ4n) is 1.71. The first-order valence-corrected chi connectivity index (χ1v) is 5.72. The minimum Gasteiger partial charge on any atom is -0.480 e. The second-order valence-electron chi connectivity index (χ2n) is 4.08. The highest BCUT2D eigenvalue weighted by atomic mass is 16.4. The van der Waals surface area contributed by atoms with E-state index in [1.807, 2.05) is 6.92 Å². The predicted molar refractivity (Wildman–Crippen MR) is 63.9 cm³/mol. The Balaban J connectivity index is 2.68. The summed E-state index contributed by atoms with van der Waals surface area (Å²) in [4.78, 5) is 22.5. The number of hydrogen-bond acceptors (Lipinski definition) is 2. The molecular formula is C12H18N2O3. The van der Waals surface area contributed by atoms with E-state index in [0.29, 0.717) is 5.69 Å². The molecule has 0 saturated heterocycles. The lowest BCUT2D eigenvalue weighted by molar-refractivity contribution is -0.137. The number of hydrogen-bond donors (Lipinski definition) is 2. The molecule has 17 heavy (non-hydrogen) atoms. The molecule has 0 fully saturated rings. The number of aromatic nitrogens is 1. The number of carboxylic acid groups (broad SMARTS) is 1. The van der Waals surface area contributed by atoms with Gasteiger partial charge >= 0.3 is 5.97 Å². The highest BCUT2D eigenvalue weighted by Crippen LogP contribution is 2.04. The van der Waals surface area contributed by atoms with Crippen LogP contribution in [0.2, 0.25) is 0 Å². The minimum absolute atomic E-state index is 0.0979. The number of nitrogens with zero attached hydrogens (tertiary/aromatic N) is 1. The molecule has 0 spiro atoms. The number of carbonyl (C=O) groups excluding carboxylic acids is 1. The monoisotopic (exact) mass is 238 g/mol. The van der Waals surface area contributed by atoms with Gasteiger partial charge < -0.3 is 15.0 Å². The van der Waals surface area contributed by atoms with Gasteiger partial charge in [0.15, 0.2) is 0 Å². The normalized spacial score (nSPS) is 12.1. The third-order valence-corrected chi connectivity index (χ3v) is 2.47. The van der Waals surface area contributed by atoms with E-state index in [4.69, 9.17) is 5.11 Å². The second-order valence-corrected chi connectivity index (χ2v) is 4.08. The van der Waals surface area contributed by atoms with Crippen LogP contribution in [-0.2, 0) is 11.3 Å². The molecule has 0 aliphatic rings. The average Bonchev–Trinajstić information content (AvgIpc) is 2.65. The van der Waals surface area contributed by atoms with E-state index in [9.17, 15) is 9.59 Å². The Labute approximate surface area is 100 Å². The van der Waals surface area contributed by atoms with Gasteiger partial charge in [-0.25, -0.2) is 0 Å². The van der Waals surface area contributed by atoms with Crippen molar-refractivity contribution in [3.8, 4) is 0 Å². The molecule has 1 amide bonds. The Morgan fingerprint density at radius 1 is 1.53 bits per heavy atom. The van der Waals surface area contributed by atoms with Gasteiger partial charge in [-0.15, -0.1) is 0 Å². The SMILES string of the molecule is CCCC(C)NC(=O)c1cccn1CC(=O)O. The first-order chi connectivity index (χ1) is 8.04. The third-order valence-electron chi connectivity index (χ3n) is 2.47. The van der Waals surface area contributed by atoms with Gasteiger partial charge in [0, 0.05) is 12.2 Å². The van der Waals surface area contributed by atoms with Gasteiger partial charge in [-0.05, 0) is 25.5 Å². The van der Waals surface area contributed by atoms with Crippen LogP contribution in [0.1, 0.15) is 37.2 Å². The van der Waals surface area contributed by atoms with E-state index < -0.39 is 5.97 Å². The van der Waals surface area contributed by atoms with Crippen LogP contribution in [0.15, 0.2) is 18.3 Å². The van der Waals surface area contributed by atoms with Crippen LogP contribution in [0, 0.1) is 0 Å². The van der Waals surface area contributed by atoms with Crippen LogP contribution in [0.4, 0.5) is 0 Å². The Hall–Kier alpha value is -1.78.